The summed E-state index contributed by atoms with van der Waals surface area (Å²) in [5.74, 6) is -0.719. The number of amides is 2. The normalized spacial score (nSPS) is 13.8. The number of hydrogen-bond acceptors (Lipinski definition) is 10. The van der Waals surface area contributed by atoms with Gasteiger partial charge in [0.15, 0.2) is 12.2 Å². The molecule has 13 nitrogen and oxygen atoms in total. The number of carbonyl (C=O) groups is 3. The van der Waals surface area contributed by atoms with Gasteiger partial charge < -0.3 is 35.1 Å². The van der Waals surface area contributed by atoms with Crippen molar-refractivity contribution in [3.63, 3.8) is 0 Å². The van der Waals surface area contributed by atoms with Crippen molar-refractivity contribution in [2.45, 2.75) is 32.2 Å². The predicted octanol–water partition coefficient (Wildman–Crippen LogP) is 1.30. The fraction of sp³-hybridized carbons (Fsp3) is 0.381. The highest BCUT2D eigenvalue weighted by Crippen LogP contribution is 2.21. The first kappa shape index (κ1) is 27.7. The quantitative estimate of drug-likeness (QED) is 0.158. The summed E-state index contributed by atoms with van der Waals surface area (Å²) in [6.07, 6.45) is -0.454. The van der Waals surface area contributed by atoms with Crippen molar-refractivity contribution in [3.05, 3.63) is 42.0 Å². The van der Waals surface area contributed by atoms with Crippen LogP contribution in [0.1, 0.15) is 18.9 Å². The molecule has 0 saturated carbocycles. The van der Waals surface area contributed by atoms with Crippen molar-refractivity contribution < 1.29 is 33.5 Å². The molecule has 2 unspecified atom stereocenters. The van der Waals surface area contributed by atoms with E-state index in [1.807, 2.05) is 13.0 Å². The predicted molar refractivity (Wildman–Crippen MR) is 135 cm³/mol. The van der Waals surface area contributed by atoms with Gasteiger partial charge in [0.05, 0.1) is 19.2 Å². The minimum atomic E-state index is -1.46. The Morgan fingerprint density at radius 2 is 2.11 bits per heavy atom. The number of alkyl carbamates (subject to hydrolysis) is 1. The second-order valence-electron chi connectivity index (χ2n) is 7.17. The van der Waals surface area contributed by atoms with Gasteiger partial charge in [-0.2, -0.15) is 0 Å². The molecule has 1 aliphatic heterocycles. The van der Waals surface area contributed by atoms with Gasteiger partial charge in [-0.05, 0) is 10.7 Å². The Labute approximate surface area is 218 Å². The van der Waals surface area contributed by atoms with Gasteiger partial charge in [-0.3, -0.25) is 14.7 Å². The lowest BCUT2D eigenvalue weighted by molar-refractivity contribution is -0.139. The number of guanidine groups is 1. The number of aliphatic imine (C=N–C) groups is 1. The van der Waals surface area contributed by atoms with Crippen LogP contribution in [0.15, 0.2) is 45.9 Å². The fourth-order valence-electron chi connectivity index (χ4n) is 2.92. The third kappa shape index (κ3) is 8.62. The lowest BCUT2D eigenvalue weighted by atomic mass is 10.2. The number of rotatable bonds is 12. The standard InChI is InChI=1S/C21H26N6O7.HI/c1-2-16(25-20-22-8-9-23-20)33-17-10-18(34-26-17)27(13-28)11-15(19(29)30)24-21(31)32-12-14-6-4-3-5-7-14;/h3-7,10,13,15-16H,2,8-9,11-12H2,1H3,(H,24,31)(H,29,30)(H2,22,23,25);1H. The zero-order valence-corrected chi connectivity index (χ0v) is 21.2. The summed E-state index contributed by atoms with van der Waals surface area (Å²) in [5.41, 5.74) is 0.740. The molecule has 0 spiro atoms. The van der Waals surface area contributed by atoms with Crippen molar-refractivity contribution >= 4 is 54.3 Å². The minimum Gasteiger partial charge on any atom is -0.480 e. The van der Waals surface area contributed by atoms with E-state index >= 15 is 0 Å². The maximum absolute atomic E-state index is 12.1. The van der Waals surface area contributed by atoms with Crippen LogP contribution in [-0.4, -0.2) is 66.6 Å². The van der Waals surface area contributed by atoms with E-state index in [0.29, 0.717) is 25.3 Å². The van der Waals surface area contributed by atoms with Crippen LogP contribution < -0.4 is 25.6 Å². The summed E-state index contributed by atoms with van der Waals surface area (Å²) in [6.45, 7) is 2.84. The van der Waals surface area contributed by atoms with Crippen molar-refractivity contribution in [1.29, 1.82) is 0 Å². The lowest BCUT2D eigenvalue weighted by Crippen LogP contribution is -2.48. The average Bonchev–Trinajstić information content (AvgIpc) is 3.53. The zero-order valence-electron chi connectivity index (χ0n) is 18.9. The number of benzene rings is 1. The molecular formula is C21H27IN6O7. The first-order valence-electron chi connectivity index (χ1n) is 10.6. The number of nitrogens with zero attached hydrogens (tertiary/aromatic N) is 3. The van der Waals surface area contributed by atoms with Crippen LogP contribution in [-0.2, 0) is 20.9 Å². The summed E-state index contributed by atoms with van der Waals surface area (Å²) in [4.78, 5) is 40.5. The molecule has 190 valence electrons. The Kier molecular flexibility index (Phi) is 11.1. The molecule has 14 heteroatoms. The Hall–Kier alpha value is -3.56. The van der Waals surface area contributed by atoms with E-state index in [1.54, 1.807) is 24.3 Å². The van der Waals surface area contributed by atoms with Crippen molar-refractivity contribution in [1.82, 2.24) is 21.1 Å². The van der Waals surface area contributed by atoms with E-state index in [2.05, 4.69) is 26.1 Å². The SMILES string of the molecule is CCC(NC1=NCCN1)Oc1cc(N(C=O)CC(NC(=O)OCc2ccccc2)C(=O)O)on1.I. The summed E-state index contributed by atoms with van der Waals surface area (Å²) in [7, 11) is 0. The Balaban J connectivity index is 0.00000432. The molecule has 1 aromatic carbocycles. The number of nitrogens with one attached hydrogen (secondary N) is 3. The van der Waals surface area contributed by atoms with Crippen molar-refractivity contribution in [2.75, 3.05) is 24.5 Å². The first-order chi connectivity index (χ1) is 16.5. The second-order valence-corrected chi connectivity index (χ2v) is 7.17. The second kappa shape index (κ2) is 14.0. The number of hydrogen-bond donors (Lipinski definition) is 4. The lowest BCUT2D eigenvalue weighted by Gasteiger charge is -2.20. The van der Waals surface area contributed by atoms with Crippen LogP contribution in [0.2, 0.25) is 0 Å². The molecule has 0 saturated heterocycles. The molecule has 0 bridgehead atoms. The number of anilines is 1. The maximum Gasteiger partial charge on any atom is 0.408 e. The van der Waals surface area contributed by atoms with Crippen LogP contribution >= 0.6 is 24.0 Å². The van der Waals surface area contributed by atoms with E-state index in [0.717, 1.165) is 17.0 Å². The molecule has 2 aromatic rings. The Bertz CT molecular complexity index is 1000. The summed E-state index contributed by atoms with van der Waals surface area (Å²) >= 11 is 0. The van der Waals surface area contributed by atoms with Gasteiger partial charge in [-0.25, -0.2) is 9.59 Å². The first-order valence-corrected chi connectivity index (χ1v) is 10.6. The Morgan fingerprint density at radius 3 is 2.74 bits per heavy atom. The highest BCUT2D eigenvalue weighted by atomic mass is 127. The molecule has 2 heterocycles. The molecular weight excluding hydrogens is 575 g/mol. The van der Waals surface area contributed by atoms with Crippen LogP contribution in [0, 0.1) is 0 Å². The highest BCUT2D eigenvalue weighted by molar-refractivity contribution is 14.0. The largest absolute Gasteiger partial charge is 0.480 e. The molecule has 0 radical (unpaired) electrons. The minimum absolute atomic E-state index is 0. The van der Waals surface area contributed by atoms with Crippen LogP contribution in [0.4, 0.5) is 10.7 Å². The molecule has 2 atom stereocenters. The third-order valence-corrected chi connectivity index (χ3v) is 4.67. The third-order valence-electron chi connectivity index (χ3n) is 4.67. The molecule has 3 rings (SSSR count). The van der Waals surface area contributed by atoms with E-state index in [9.17, 15) is 19.5 Å². The number of aliphatic carboxylic acids is 1. The van der Waals surface area contributed by atoms with Crippen LogP contribution in [0.5, 0.6) is 5.88 Å². The molecule has 35 heavy (non-hydrogen) atoms. The number of carboxylic acids is 1. The average molecular weight is 602 g/mol. The van der Waals surface area contributed by atoms with E-state index < -0.39 is 30.9 Å². The summed E-state index contributed by atoms with van der Waals surface area (Å²) < 4.78 is 15.9. The van der Waals surface area contributed by atoms with Gasteiger partial charge in [0.25, 0.3) is 5.88 Å². The van der Waals surface area contributed by atoms with Crippen LogP contribution in [0.3, 0.4) is 0 Å². The Morgan fingerprint density at radius 1 is 1.34 bits per heavy atom. The van der Waals surface area contributed by atoms with Gasteiger partial charge >= 0.3 is 12.1 Å². The number of carboxylic acid groups (broad SMARTS) is 1. The molecule has 1 aliphatic rings. The van der Waals surface area contributed by atoms with E-state index in [1.165, 1.54) is 6.07 Å². The topological polar surface area (TPSA) is 168 Å². The number of halogens is 1. The number of ether oxygens (including phenoxy) is 2. The highest BCUT2D eigenvalue weighted by Gasteiger charge is 2.26. The smallest absolute Gasteiger partial charge is 0.408 e. The molecule has 1 aromatic heterocycles. The summed E-state index contributed by atoms with van der Waals surface area (Å²) in [6, 6.07) is 8.79. The van der Waals surface area contributed by atoms with Gasteiger partial charge in [-0.15, -0.1) is 24.0 Å². The molecule has 0 aliphatic carbocycles. The molecule has 2 amide bonds. The van der Waals surface area contributed by atoms with Crippen molar-refractivity contribution in [3.8, 4) is 5.88 Å². The number of aromatic nitrogens is 1. The monoisotopic (exact) mass is 602 g/mol. The maximum atomic E-state index is 12.1. The van der Waals surface area contributed by atoms with Crippen molar-refractivity contribution in [2.24, 2.45) is 4.99 Å². The van der Waals surface area contributed by atoms with Crippen LogP contribution in [0.25, 0.3) is 0 Å². The molecule has 4 N–H and O–H groups in total. The van der Waals surface area contributed by atoms with E-state index in [4.69, 9.17) is 14.0 Å². The van der Waals surface area contributed by atoms with Gasteiger partial charge in [0.2, 0.25) is 12.3 Å². The summed E-state index contributed by atoms with van der Waals surface area (Å²) in [5, 5.41) is 21.6. The number of carbonyl (C=O) groups excluding carboxylic acids is 2. The van der Waals surface area contributed by atoms with E-state index in [-0.39, 0.29) is 42.3 Å². The zero-order chi connectivity index (χ0) is 24.3. The molecule has 0 fully saturated rings. The van der Waals surface area contributed by atoms with Gasteiger partial charge in [-0.1, -0.05) is 37.3 Å². The fourth-order valence-corrected chi connectivity index (χ4v) is 2.92. The van der Waals surface area contributed by atoms with Gasteiger partial charge in [0, 0.05) is 13.0 Å². The van der Waals surface area contributed by atoms with Gasteiger partial charge in [0.1, 0.15) is 12.6 Å².